The number of hydrogen-bond donors (Lipinski definition) is 1. The average molecular weight is 282 g/mol. The number of nitrogens with zero attached hydrogens (tertiary/aromatic N) is 2. The quantitative estimate of drug-likeness (QED) is 0.852. The molecule has 0 aliphatic carbocycles. The average Bonchev–Trinajstić information content (AvgIpc) is 2.77. The highest BCUT2D eigenvalue weighted by Gasteiger charge is 2.15. The number of likely N-dealkylation sites (N-methyl/N-ethyl adjacent to an activating group) is 1. The molecular weight excluding hydrogens is 266 g/mol. The van der Waals surface area contributed by atoms with Gasteiger partial charge in [-0.25, -0.2) is 4.98 Å². The highest BCUT2D eigenvalue weighted by molar-refractivity contribution is 6.17. The summed E-state index contributed by atoms with van der Waals surface area (Å²) in [6.07, 6.45) is 0. The van der Waals surface area contributed by atoms with Gasteiger partial charge in [0.1, 0.15) is 23.6 Å². The number of aromatic nitrogens is 2. The van der Waals surface area contributed by atoms with Gasteiger partial charge in [0.15, 0.2) is 0 Å². The van der Waals surface area contributed by atoms with Crippen LogP contribution < -0.4 is 10.1 Å². The van der Waals surface area contributed by atoms with Crippen LogP contribution in [0.1, 0.15) is 12.7 Å². The number of benzene rings is 1. The van der Waals surface area contributed by atoms with Gasteiger partial charge in [0.25, 0.3) is 0 Å². The fraction of sp³-hybridized carbons (Fsp3) is 0.385. The first kappa shape index (κ1) is 13.7. The van der Waals surface area contributed by atoms with Crippen LogP contribution in [0.2, 0.25) is 0 Å². The Kier molecular flexibility index (Phi) is 4.27. The van der Waals surface area contributed by atoms with Crippen molar-refractivity contribution in [2.45, 2.75) is 19.3 Å². The third-order valence-corrected chi connectivity index (χ3v) is 3.08. The smallest absolute Gasteiger partial charge is 0.239 e. The molecule has 1 heterocycles. The predicted octanol–water partition coefficient (Wildman–Crippen LogP) is 1.92. The molecule has 102 valence electrons. The van der Waals surface area contributed by atoms with Gasteiger partial charge in [-0.15, -0.1) is 11.6 Å². The van der Waals surface area contributed by atoms with Crippen LogP contribution in [0, 0.1) is 0 Å². The highest BCUT2D eigenvalue weighted by atomic mass is 35.5. The Bertz CT molecular complexity index is 595. The van der Waals surface area contributed by atoms with Gasteiger partial charge in [-0.05, 0) is 19.1 Å². The second kappa shape index (κ2) is 5.93. The van der Waals surface area contributed by atoms with Crippen LogP contribution in [0.3, 0.4) is 0 Å². The molecule has 0 saturated heterocycles. The molecule has 0 atom stereocenters. The minimum atomic E-state index is -0.0593. The van der Waals surface area contributed by atoms with Crippen LogP contribution >= 0.6 is 11.6 Å². The Balaban J connectivity index is 2.49. The number of carbonyl (C=O) groups is 1. The van der Waals surface area contributed by atoms with Crippen LogP contribution in [0.4, 0.5) is 0 Å². The summed E-state index contributed by atoms with van der Waals surface area (Å²) in [6, 6.07) is 5.61. The molecule has 0 saturated carbocycles. The number of alkyl halides is 1. The Morgan fingerprint density at radius 3 is 2.95 bits per heavy atom. The zero-order valence-corrected chi connectivity index (χ0v) is 11.7. The first-order chi connectivity index (χ1) is 9.21. The van der Waals surface area contributed by atoms with E-state index in [-0.39, 0.29) is 18.3 Å². The monoisotopic (exact) mass is 281 g/mol. The number of hydrogen-bond acceptors (Lipinski definition) is 3. The Hall–Kier alpha value is -1.75. The maximum Gasteiger partial charge on any atom is 0.239 e. The SMILES string of the molecule is CCNC(=O)Cn1c(CCl)nc2c(OC)cccc21. The number of methoxy groups -OCH3 is 1. The maximum absolute atomic E-state index is 11.7. The van der Waals surface area contributed by atoms with Crippen molar-refractivity contribution >= 4 is 28.5 Å². The molecule has 0 radical (unpaired) electrons. The lowest BCUT2D eigenvalue weighted by molar-refractivity contribution is -0.121. The van der Waals surface area contributed by atoms with Gasteiger partial charge in [-0.3, -0.25) is 4.79 Å². The molecule has 0 fully saturated rings. The summed E-state index contributed by atoms with van der Waals surface area (Å²) in [7, 11) is 1.60. The molecule has 19 heavy (non-hydrogen) atoms. The molecular formula is C13H16ClN3O2. The molecule has 5 nitrogen and oxygen atoms in total. The van der Waals surface area contributed by atoms with E-state index in [4.69, 9.17) is 16.3 Å². The normalized spacial score (nSPS) is 10.7. The van der Waals surface area contributed by atoms with Crippen molar-refractivity contribution in [3.8, 4) is 5.75 Å². The number of carbonyl (C=O) groups excluding carboxylic acids is 1. The lowest BCUT2D eigenvalue weighted by Crippen LogP contribution is -2.27. The second-order valence-corrected chi connectivity index (χ2v) is 4.30. The summed E-state index contributed by atoms with van der Waals surface area (Å²) < 4.78 is 7.09. The zero-order chi connectivity index (χ0) is 13.8. The largest absolute Gasteiger partial charge is 0.494 e. The number of rotatable bonds is 5. The van der Waals surface area contributed by atoms with Gasteiger partial charge < -0.3 is 14.6 Å². The van der Waals surface area contributed by atoms with Crippen molar-refractivity contribution in [2.24, 2.45) is 0 Å². The molecule has 1 N–H and O–H groups in total. The fourth-order valence-electron chi connectivity index (χ4n) is 2.01. The van der Waals surface area contributed by atoms with E-state index in [0.717, 1.165) is 11.0 Å². The Morgan fingerprint density at radius 2 is 2.32 bits per heavy atom. The van der Waals surface area contributed by atoms with Crippen LogP contribution in [0.5, 0.6) is 5.75 Å². The topological polar surface area (TPSA) is 56.2 Å². The van der Waals surface area contributed by atoms with Gasteiger partial charge in [-0.1, -0.05) is 6.07 Å². The van der Waals surface area contributed by atoms with E-state index in [2.05, 4.69) is 10.3 Å². The van der Waals surface area contributed by atoms with E-state index >= 15 is 0 Å². The summed E-state index contributed by atoms with van der Waals surface area (Å²) in [5.74, 6) is 1.53. The summed E-state index contributed by atoms with van der Waals surface area (Å²) in [5, 5.41) is 2.77. The van der Waals surface area contributed by atoms with Gasteiger partial charge in [0.05, 0.1) is 18.5 Å². The van der Waals surface area contributed by atoms with E-state index in [1.54, 1.807) is 7.11 Å². The molecule has 2 aromatic rings. The molecule has 2 rings (SSSR count). The summed E-state index contributed by atoms with van der Waals surface area (Å²) in [4.78, 5) is 16.2. The number of para-hydroxylation sites is 1. The number of ether oxygens (including phenoxy) is 1. The van der Waals surface area contributed by atoms with Crippen LogP contribution in [-0.2, 0) is 17.2 Å². The molecule has 0 spiro atoms. The molecule has 0 aliphatic heterocycles. The molecule has 0 bridgehead atoms. The van der Waals surface area contributed by atoms with Crippen molar-refractivity contribution in [1.29, 1.82) is 0 Å². The van der Waals surface area contributed by atoms with Gasteiger partial charge in [0.2, 0.25) is 5.91 Å². The minimum Gasteiger partial charge on any atom is -0.494 e. The standard InChI is InChI=1S/C13H16ClN3O2/c1-3-15-12(18)8-17-9-5-4-6-10(19-2)13(9)16-11(17)7-14/h4-6H,3,7-8H2,1-2H3,(H,15,18). The third kappa shape index (κ3) is 2.66. The number of imidazole rings is 1. The minimum absolute atomic E-state index is 0.0593. The Morgan fingerprint density at radius 1 is 1.53 bits per heavy atom. The first-order valence-corrected chi connectivity index (χ1v) is 6.59. The van der Waals surface area contributed by atoms with Crippen LogP contribution in [0.15, 0.2) is 18.2 Å². The molecule has 1 aromatic heterocycles. The summed E-state index contributed by atoms with van der Waals surface area (Å²) in [6.45, 7) is 2.69. The molecule has 1 amide bonds. The van der Waals surface area contributed by atoms with Crippen molar-refractivity contribution in [1.82, 2.24) is 14.9 Å². The Labute approximate surface area is 116 Å². The fourth-order valence-corrected chi connectivity index (χ4v) is 2.21. The van der Waals surface area contributed by atoms with Crippen molar-refractivity contribution in [3.63, 3.8) is 0 Å². The number of fused-ring (bicyclic) bond motifs is 1. The molecule has 0 unspecified atom stereocenters. The number of nitrogens with one attached hydrogen (secondary N) is 1. The van der Waals surface area contributed by atoms with E-state index in [1.165, 1.54) is 0 Å². The van der Waals surface area contributed by atoms with Gasteiger partial charge in [0, 0.05) is 6.54 Å². The van der Waals surface area contributed by atoms with Crippen LogP contribution in [0.25, 0.3) is 11.0 Å². The zero-order valence-electron chi connectivity index (χ0n) is 10.9. The summed E-state index contributed by atoms with van der Waals surface area (Å²) in [5.41, 5.74) is 1.58. The number of amides is 1. The van der Waals surface area contributed by atoms with Gasteiger partial charge >= 0.3 is 0 Å². The van der Waals surface area contributed by atoms with Crippen LogP contribution in [-0.4, -0.2) is 29.1 Å². The molecule has 0 aliphatic rings. The lowest BCUT2D eigenvalue weighted by Gasteiger charge is -2.07. The number of halogens is 1. The van der Waals surface area contributed by atoms with E-state index in [1.807, 2.05) is 29.7 Å². The van der Waals surface area contributed by atoms with E-state index < -0.39 is 0 Å². The molecule has 6 heteroatoms. The maximum atomic E-state index is 11.7. The van der Waals surface area contributed by atoms with E-state index in [0.29, 0.717) is 18.1 Å². The van der Waals surface area contributed by atoms with E-state index in [9.17, 15) is 4.79 Å². The molecule has 1 aromatic carbocycles. The van der Waals surface area contributed by atoms with Gasteiger partial charge in [-0.2, -0.15) is 0 Å². The van der Waals surface area contributed by atoms with Crippen molar-refractivity contribution < 1.29 is 9.53 Å². The first-order valence-electron chi connectivity index (χ1n) is 6.06. The second-order valence-electron chi connectivity index (χ2n) is 4.03. The highest BCUT2D eigenvalue weighted by Crippen LogP contribution is 2.26. The predicted molar refractivity (Wildman–Crippen MR) is 74.5 cm³/mol. The van der Waals surface area contributed by atoms with Crippen molar-refractivity contribution in [2.75, 3.05) is 13.7 Å². The third-order valence-electron chi connectivity index (χ3n) is 2.84. The summed E-state index contributed by atoms with van der Waals surface area (Å²) >= 11 is 5.90. The van der Waals surface area contributed by atoms with Crippen molar-refractivity contribution in [3.05, 3.63) is 24.0 Å². The lowest BCUT2D eigenvalue weighted by atomic mass is 10.3.